The fourth-order valence-electron chi connectivity index (χ4n) is 1.47. The summed E-state index contributed by atoms with van der Waals surface area (Å²) < 4.78 is 14.1. The van der Waals surface area contributed by atoms with Crippen LogP contribution in [-0.2, 0) is 0 Å². The molecule has 0 saturated carbocycles. The van der Waals surface area contributed by atoms with E-state index in [4.69, 9.17) is 16.9 Å². The van der Waals surface area contributed by atoms with Crippen LogP contribution in [0.4, 0.5) is 15.8 Å². The maximum atomic E-state index is 13.4. The molecular formula is C13H7BrClFN2. The molecule has 0 aromatic heterocycles. The van der Waals surface area contributed by atoms with Gasteiger partial charge in [0.25, 0.3) is 0 Å². The summed E-state index contributed by atoms with van der Waals surface area (Å²) in [5.41, 5.74) is 1.13. The Morgan fingerprint density at radius 1 is 1.28 bits per heavy atom. The smallest absolute Gasteiger partial charge is 0.143 e. The largest absolute Gasteiger partial charge is 0.354 e. The summed E-state index contributed by atoms with van der Waals surface area (Å²) in [5, 5.41) is 12.5. The lowest BCUT2D eigenvalue weighted by Crippen LogP contribution is -1.96. The Balaban J connectivity index is 2.37. The van der Waals surface area contributed by atoms with Crippen LogP contribution >= 0.6 is 27.5 Å². The third-order valence-corrected chi connectivity index (χ3v) is 3.54. The molecule has 0 saturated heterocycles. The van der Waals surface area contributed by atoms with Crippen LogP contribution in [0.3, 0.4) is 0 Å². The molecule has 0 fully saturated rings. The number of halogens is 3. The highest BCUT2D eigenvalue weighted by molar-refractivity contribution is 9.10. The van der Waals surface area contributed by atoms with E-state index in [0.29, 0.717) is 16.4 Å². The maximum absolute atomic E-state index is 13.4. The van der Waals surface area contributed by atoms with E-state index in [9.17, 15) is 4.39 Å². The van der Waals surface area contributed by atoms with Gasteiger partial charge in [-0.3, -0.25) is 0 Å². The van der Waals surface area contributed by atoms with Crippen molar-refractivity contribution in [1.82, 2.24) is 0 Å². The average molecular weight is 326 g/mol. The van der Waals surface area contributed by atoms with Crippen molar-refractivity contribution in [3.63, 3.8) is 0 Å². The zero-order valence-electron chi connectivity index (χ0n) is 9.05. The Hall–Kier alpha value is -1.57. The van der Waals surface area contributed by atoms with Crippen molar-refractivity contribution < 1.29 is 4.39 Å². The third-order valence-electron chi connectivity index (χ3n) is 2.32. The summed E-state index contributed by atoms with van der Waals surface area (Å²) in [4.78, 5) is 0. The van der Waals surface area contributed by atoms with Crippen molar-refractivity contribution in [2.75, 3.05) is 5.32 Å². The van der Waals surface area contributed by atoms with E-state index in [1.165, 1.54) is 6.07 Å². The van der Waals surface area contributed by atoms with Crippen molar-refractivity contribution in [1.29, 1.82) is 5.26 Å². The summed E-state index contributed by atoms with van der Waals surface area (Å²) in [6.07, 6.45) is 0. The van der Waals surface area contributed by atoms with Gasteiger partial charge in [0.1, 0.15) is 17.4 Å². The van der Waals surface area contributed by atoms with Crippen molar-refractivity contribution in [2.24, 2.45) is 0 Å². The molecule has 2 aromatic rings. The lowest BCUT2D eigenvalue weighted by Gasteiger charge is -2.09. The van der Waals surface area contributed by atoms with Crippen molar-refractivity contribution >= 4 is 38.9 Å². The van der Waals surface area contributed by atoms with Crippen molar-refractivity contribution in [3.05, 3.63) is 57.3 Å². The second-order valence-electron chi connectivity index (χ2n) is 3.53. The van der Waals surface area contributed by atoms with Gasteiger partial charge in [0.15, 0.2) is 0 Å². The molecule has 0 radical (unpaired) electrons. The van der Waals surface area contributed by atoms with Gasteiger partial charge in [-0.05, 0) is 46.3 Å². The molecule has 5 heteroatoms. The molecular weight excluding hydrogens is 319 g/mol. The van der Waals surface area contributed by atoms with Crippen LogP contribution in [0.15, 0.2) is 40.9 Å². The summed E-state index contributed by atoms with van der Waals surface area (Å²) >= 11 is 9.18. The standard InChI is InChI=1S/C13H7BrClFN2/c14-10-6-8(4-5-11(10)15)18-13-3-1-2-12(16)9(13)7-17/h1-6,18H. The number of nitriles is 1. The highest BCUT2D eigenvalue weighted by Gasteiger charge is 2.08. The van der Waals surface area contributed by atoms with Gasteiger partial charge in [-0.25, -0.2) is 4.39 Å². The molecule has 0 amide bonds. The fourth-order valence-corrected chi connectivity index (χ4v) is 1.97. The SMILES string of the molecule is N#Cc1c(F)cccc1Nc1ccc(Cl)c(Br)c1. The minimum absolute atomic E-state index is 0.0106. The molecule has 0 heterocycles. The topological polar surface area (TPSA) is 35.8 Å². The first kappa shape index (κ1) is 12.9. The Bertz CT molecular complexity index is 637. The quantitative estimate of drug-likeness (QED) is 0.856. The van der Waals surface area contributed by atoms with Crippen LogP contribution in [-0.4, -0.2) is 0 Å². The first-order chi connectivity index (χ1) is 8.61. The van der Waals surface area contributed by atoms with Crippen molar-refractivity contribution in [3.8, 4) is 6.07 Å². The lowest BCUT2D eigenvalue weighted by atomic mass is 10.1. The van der Waals surface area contributed by atoms with E-state index in [1.807, 2.05) is 6.07 Å². The van der Waals surface area contributed by atoms with E-state index < -0.39 is 5.82 Å². The zero-order chi connectivity index (χ0) is 13.1. The first-order valence-electron chi connectivity index (χ1n) is 5.02. The minimum Gasteiger partial charge on any atom is -0.354 e. The molecule has 1 N–H and O–H groups in total. The van der Waals surface area contributed by atoms with E-state index >= 15 is 0 Å². The average Bonchev–Trinajstić information content (AvgIpc) is 2.34. The van der Waals surface area contributed by atoms with E-state index in [-0.39, 0.29) is 5.56 Å². The van der Waals surface area contributed by atoms with Gasteiger partial charge in [0.05, 0.1) is 10.7 Å². The minimum atomic E-state index is -0.546. The second-order valence-corrected chi connectivity index (χ2v) is 4.79. The third kappa shape index (κ3) is 2.63. The monoisotopic (exact) mass is 324 g/mol. The maximum Gasteiger partial charge on any atom is 0.143 e. The Kier molecular flexibility index (Phi) is 3.85. The van der Waals surface area contributed by atoms with Gasteiger partial charge in [0, 0.05) is 10.2 Å². The lowest BCUT2D eigenvalue weighted by molar-refractivity contribution is 0.624. The van der Waals surface area contributed by atoms with Crippen LogP contribution < -0.4 is 5.32 Å². The van der Waals surface area contributed by atoms with Crippen LogP contribution in [0.5, 0.6) is 0 Å². The number of hydrogen-bond acceptors (Lipinski definition) is 2. The molecule has 0 aliphatic rings. The van der Waals surface area contributed by atoms with Gasteiger partial charge in [-0.1, -0.05) is 17.7 Å². The number of nitrogens with zero attached hydrogens (tertiary/aromatic N) is 1. The Morgan fingerprint density at radius 3 is 2.72 bits per heavy atom. The summed E-state index contributed by atoms with van der Waals surface area (Å²) in [7, 11) is 0. The molecule has 2 nitrogen and oxygen atoms in total. The predicted molar refractivity (Wildman–Crippen MR) is 73.5 cm³/mol. The first-order valence-corrected chi connectivity index (χ1v) is 6.19. The number of hydrogen-bond donors (Lipinski definition) is 1. The zero-order valence-corrected chi connectivity index (χ0v) is 11.4. The fraction of sp³-hybridized carbons (Fsp3) is 0. The second kappa shape index (κ2) is 5.38. The molecule has 90 valence electrons. The predicted octanol–water partition coefficient (Wildman–Crippen LogP) is 4.86. The number of nitrogens with one attached hydrogen (secondary N) is 1. The van der Waals surface area contributed by atoms with Crippen LogP contribution in [0, 0.1) is 17.1 Å². The molecule has 2 rings (SSSR count). The molecule has 0 atom stereocenters. The Morgan fingerprint density at radius 2 is 2.06 bits per heavy atom. The van der Waals surface area contributed by atoms with Crippen LogP contribution in [0.1, 0.15) is 5.56 Å². The highest BCUT2D eigenvalue weighted by atomic mass is 79.9. The normalized spacial score (nSPS) is 9.89. The molecule has 0 aliphatic heterocycles. The van der Waals surface area contributed by atoms with Crippen LogP contribution in [0.2, 0.25) is 5.02 Å². The van der Waals surface area contributed by atoms with E-state index in [1.54, 1.807) is 30.3 Å². The summed E-state index contributed by atoms with van der Waals surface area (Å²) in [5.74, 6) is -0.546. The molecule has 2 aromatic carbocycles. The molecule has 0 spiro atoms. The van der Waals surface area contributed by atoms with E-state index in [2.05, 4.69) is 21.2 Å². The van der Waals surface area contributed by atoms with Gasteiger partial charge < -0.3 is 5.32 Å². The highest BCUT2D eigenvalue weighted by Crippen LogP contribution is 2.28. The Labute approximate surface area is 117 Å². The van der Waals surface area contributed by atoms with Crippen molar-refractivity contribution in [2.45, 2.75) is 0 Å². The van der Waals surface area contributed by atoms with Gasteiger partial charge in [0.2, 0.25) is 0 Å². The summed E-state index contributed by atoms with van der Waals surface area (Å²) in [6.45, 7) is 0. The number of benzene rings is 2. The number of anilines is 2. The molecule has 0 bridgehead atoms. The van der Waals surface area contributed by atoms with Gasteiger partial charge in [-0.15, -0.1) is 0 Å². The molecule has 0 aliphatic carbocycles. The van der Waals surface area contributed by atoms with Gasteiger partial charge >= 0.3 is 0 Å². The van der Waals surface area contributed by atoms with Gasteiger partial charge in [-0.2, -0.15) is 5.26 Å². The molecule has 18 heavy (non-hydrogen) atoms. The van der Waals surface area contributed by atoms with Crippen LogP contribution in [0.25, 0.3) is 0 Å². The molecule has 0 unspecified atom stereocenters. The van der Waals surface area contributed by atoms with E-state index in [0.717, 1.165) is 4.47 Å². The summed E-state index contributed by atoms with van der Waals surface area (Å²) in [6, 6.07) is 11.5. The number of rotatable bonds is 2.